The zero-order valence-corrected chi connectivity index (χ0v) is 31.2. The first-order valence-electron chi connectivity index (χ1n) is 18.2. The first kappa shape index (κ1) is 38.5. The van der Waals surface area contributed by atoms with Crippen molar-refractivity contribution in [3.05, 3.63) is 117 Å². The smallest absolute Gasteiger partial charge is 0.325 e. The molecule has 4 aromatic rings. The number of aliphatic hydroxyl groups is 2. The van der Waals surface area contributed by atoms with Gasteiger partial charge in [-0.2, -0.15) is 0 Å². The Balaban J connectivity index is 1.22. The van der Waals surface area contributed by atoms with Gasteiger partial charge in [-0.25, -0.2) is 0 Å². The third-order valence-electron chi connectivity index (χ3n) is 10.3. The summed E-state index contributed by atoms with van der Waals surface area (Å²) in [5.74, 6) is 0.376. The van der Waals surface area contributed by atoms with Crippen molar-refractivity contribution in [2.24, 2.45) is 0 Å². The number of esters is 2. The van der Waals surface area contributed by atoms with Crippen LogP contribution in [0.15, 0.2) is 72.8 Å². The lowest BCUT2D eigenvalue weighted by atomic mass is 9.91. The van der Waals surface area contributed by atoms with Crippen molar-refractivity contribution in [2.75, 3.05) is 41.7 Å². The third-order valence-corrected chi connectivity index (χ3v) is 10.3. The Bertz CT molecular complexity index is 1920. The van der Waals surface area contributed by atoms with Gasteiger partial charge in [0, 0.05) is 24.2 Å². The summed E-state index contributed by atoms with van der Waals surface area (Å²) in [7, 11) is 5.86. The topological polar surface area (TPSA) is 136 Å². The van der Waals surface area contributed by atoms with E-state index in [1.54, 1.807) is 14.2 Å². The van der Waals surface area contributed by atoms with Crippen molar-refractivity contribution >= 4 is 35.2 Å². The molecule has 2 aliphatic carbocycles. The van der Waals surface area contributed by atoms with Gasteiger partial charge < -0.3 is 29.2 Å². The number of aliphatic hydroxyl groups excluding tert-OH is 2. The Kier molecular flexibility index (Phi) is 12.6. The minimum absolute atomic E-state index is 0.343. The molecule has 4 N–H and O–H groups in total. The highest BCUT2D eigenvalue weighted by Crippen LogP contribution is 2.44. The monoisotopic (exact) mass is 732 g/mol. The fraction of sp³-hybridized carbons (Fsp3) is 0.318. The number of rotatable bonds is 15. The van der Waals surface area contributed by atoms with Crippen LogP contribution in [-0.2, 0) is 45.0 Å². The summed E-state index contributed by atoms with van der Waals surface area (Å²) < 4.78 is 20.9. The Labute approximate surface area is 316 Å². The molecule has 10 heteroatoms. The second-order valence-corrected chi connectivity index (χ2v) is 13.4. The fourth-order valence-electron chi connectivity index (χ4n) is 7.50. The summed E-state index contributed by atoms with van der Waals surface area (Å²) in [6.45, 7) is -0.0307. The number of hydrogen-bond acceptors (Lipinski definition) is 10. The number of carbonyl (C=O) groups is 2. The van der Waals surface area contributed by atoms with Gasteiger partial charge in [-0.1, -0.05) is 72.8 Å². The van der Waals surface area contributed by atoms with E-state index in [-0.39, 0.29) is 13.2 Å². The molecule has 0 unspecified atom stereocenters. The molecule has 282 valence electrons. The van der Waals surface area contributed by atoms with E-state index in [9.17, 15) is 19.8 Å². The van der Waals surface area contributed by atoms with E-state index in [1.165, 1.54) is 58.7 Å². The molecule has 0 aliphatic heterocycles. The molecule has 0 saturated heterocycles. The van der Waals surface area contributed by atoms with Crippen LogP contribution in [0, 0.1) is 0 Å². The van der Waals surface area contributed by atoms with Crippen LogP contribution in [0.2, 0.25) is 0 Å². The maximum atomic E-state index is 11.9. The second-order valence-electron chi connectivity index (χ2n) is 13.4. The van der Waals surface area contributed by atoms with E-state index < -0.39 is 24.0 Å². The molecule has 0 saturated carbocycles. The highest BCUT2D eigenvalue weighted by molar-refractivity contribution is 5.93. The van der Waals surface area contributed by atoms with Gasteiger partial charge in [-0.15, -0.1) is 0 Å². The van der Waals surface area contributed by atoms with Crippen LogP contribution in [0.4, 0.5) is 0 Å². The molecule has 0 radical (unpaired) electrons. The number of ether oxygens (including phenoxy) is 4. The lowest BCUT2D eigenvalue weighted by Gasteiger charge is -2.16. The first-order valence-corrected chi connectivity index (χ1v) is 18.2. The van der Waals surface area contributed by atoms with E-state index in [2.05, 4.69) is 71.3 Å². The van der Waals surface area contributed by atoms with Gasteiger partial charge in [0.15, 0.2) is 0 Å². The normalized spacial score (nSPS) is 15.8. The quantitative estimate of drug-likeness (QED) is 0.115. The average Bonchev–Trinajstić information content (AvgIpc) is 3.82. The number of nitrogens with one attached hydrogen (secondary N) is 2. The Morgan fingerprint density at radius 2 is 1.02 bits per heavy atom. The molecule has 0 amide bonds. The van der Waals surface area contributed by atoms with Crippen molar-refractivity contribution in [1.29, 1.82) is 0 Å². The van der Waals surface area contributed by atoms with E-state index in [0.717, 1.165) is 47.9 Å². The molecule has 2 aliphatic rings. The molecule has 0 bridgehead atoms. The molecular formula is C44H48N2O8. The summed E-state index contributed by atoms with van der Waals surface area (Å²) in [6, 6.07) is 23.7. The molecule has 0 heterocycles. The van der Waals surface area contributed by atoms with Gasteiger partial charge >= 0.3 is 11.9 Å². The van der Waals surface area contributed by atoms with Crippen LogP contribution < -0.4 is 20.1 Å². The summed E-state index contributed by atoms with van der Waals surface area (Å²) in [6.07, 6.45) is 8.25. The SMILES string of the molecule is COC(=O)[C@H](CO)NCc1ccc(/C=C2\CCc3c2cccc3-c2cccc3c2CC/C3=C\c2ccc(CN[C@@H](CO)C(=O)OC)c(OC)c2)cc1OC. The lowest BCUT2D eigenvalue weighted by Crippen LogP contribution is -2.40. The molecule has 0 fully saturated rings. The van der Waals surface area contributed by atoms with E-state index >= 15 is 0 Å². The maximum Gasteiger partial charge on any atom is 0.325 e. The zero-order chi connectivity index (χ0) is 38.2. The molecule has 6 rings (SSSR count). The number of fused-ring (bicyclic) bond motifs is 2. The van der Waals surface area contributed by atoms with Gasteiger partial charge in [-0.3, -0.25) is 20.2 Å². The van der Waals surface area contributed by atoms with Gasteiger partial charge in [0.2, 0.25) is 0 Å². The van der Waals surface area contributed by atoms with Gasteiger partial charge in [0.1, 0.15) is 23.6 Å². The minimum atomic E-state index is -0.807. The van der Waals surface area contributed by atoms with Gasteiger partial charge in [-0.05, 0) is 93.5 Å². The second kappa shape index (κ2) is 17.7. The van der Waals surface area contributed by atoms with E-state index in [1.807, 2.05) is 24.3 Å². The molecule has 54 heavy (non-hydrogen) atoms. The summed E-state index contributed by atoms with van der Waals surface area (Å²) in [5, 5.41) is 25.2. The first-order chi connectivity index (χ1) is 26.3. The van der Waals surface area contributed by atoms with Crippen molar-refractivity contribution < 1.29 is 38.7 Å². The number of carbonyl (C=O) groups excluding carboxylic acids is 2. The molecule has 4 aromatic carbocycles. The van der Waals surface area contributed by atoms with Crippen LogP contribution in [0.25, 0.3) is 34.4 Å². The molecule has 2 atom stereocenters. The minimum Gasteiger partial charge on any atom is -0.496 e. The summed E-state index contributed by atoms with van der Waals surface area (Å²) in [5.41, 5.74) is 14.2. The fourth-order valence-corrected chi connectivity index (χ4v) is 7.50. The number of benzene rings is 4. The number of hydrogen-bond donors (Lipinski definition) is 4. The average molecular weight is 733 g/mol. The lowest BCUT2D eigenvalue weighted by molar-refractivity contribution is -0.145. The van der Waals surface area contributed by atoms with Crippen LogP contribution in [-0.4, -0.2) is 75.9 Å². The molecule has 10 nitrogen and oxygen atoms in total. The van der Waals surface area contributed by atoms with Gasteiger partial charge in [0.25, 0.3) is 0 Å². The summed E-state index contributed by atoms with van der Waals surface area (Å²) >= 11 is 0. The zero-order valence-electron chi connectivity index (χ0n) is 31.2. The third kappa shape index (κ3) is 8.27. The number of methoxy groups -OCH3 is 4. The van der Waals surface area contributed by atoms with Crippen molar-refractivity contribution in [2.45, 2.75) is 50.9 Å². The highest BCUT2D eigenvalue weighted by Gasteiger charge is 2.25. The summed E-state index contributed by atoms with van der Waals surface area (Å²) in [4.78, 5) is 23.8. The molecule has 0 spiro atoms. The maximum absolute atomic E-state index is 11.9. The Morgan fingerprint density at radius 3 is 1.39 bits per heavy atom. The number of allylic oxidation sites excluding steroid dienone is 2. The van der Waals surface area contributed by atoms with Crippen LogP contribution in [0.3, 0.4) is 0 Å². The van der Waals surface area contributed by atoms with Crippen molar-refractivity contribution in [3.8, 4) is 22.6 Å². The molecular weight excluding hydrogens is 684 g/mol. The highest BCUT2D eigenvalue weighted by atomic mass is 16.5. The predicted molar refractivity (Wildman–Crippen MR) is 210 cm³/mol. The standard InChI is InChI=1S/C44H48N2O8/c1-51-41-21-27(11-13-31(41)23-45-39(25-47)43(49)53-3)19-29-15-17-37-33(29)7-5-9-35(37)36-10-6-8-34-30(16-18-38(34)36)20-28-12-14-32(42(22-28)52-2)24-46-40(26-48)44(50)54-4/h5-14,19-22,39-40,45-48H,15-18,23-26H2,1-4H3/b29-19+,30-20+/t39-,40-/m0/s1. The van der Waals surface area contributed by atoms with E-state index in [0.29, 0.717) is 24.6 Å². The van der Waals surface area contributed by atoms with E-state index in [4.69, 9.17) is 18.9 Å². The van der Waals surface area contributed by atoms with Crippen molar-refractivity contribution in [1.82, 2.24) is 10.6 Å². The Hall–Kier alpha value is -5.26. The predicted octanol–water partition coefficient (Wildman–Crippen LogP) is 5.59. The van der Waals surface area contributed by atoms with Crippen LogP contribution >= 0.6 is 0 Å². The largest absolute Gasteiger partial charge is 0.496 e. The Morgan fingerprint density at radius 1 is 0.611 bits per heavy atom. The van der Waals surface area contributed by atoms with Crippen LogP contribution in [0.5, 0.6) is 11.5 Å². The molecule has 0 aromatic heterocycles. The van der Waals surface area contributed by atoms with Crippen molar-refractivity contribution in [3.63, 3.8) is 0 Å². The van der Waals surface area contributed by atoms with Crippen LogP contribution in [0.1, 0.15) is 57.3 Å². The van der Waals surface area contributed by atoms with Gasteiger partial charge in [0.05, 0.1) is 41.7 Å².